The first kappa shape index (κ1) is 11.2. The first-order valence-electron chi connectivity index (χ1n) is 4.89. The van der Waals surface area contributed by atoms with Crippen molar-refractivity contribution in [3.8, 4) is 0 Å². The second-order valence-electron chi connectivity index (χ2n) is 2.95. The Morgan fingerprint density at radius 3 is 3.00 bits per heavy atom. The van der Waals surface area contributed by atoms with Crippen LogP contribution in [0.5, 0.6) is 0 Å². The van der Waals surface area contributed by atoms with E-state index in [1.807, 2.05) is 0 Å². The third-order valence-electron chi connectivity index (χ3n) is 1.78. The summed E-state index contributed by atoms with van der Waals surface area (Å²) < 4.78 is 4.85. The highest BCUT2D eigenvalue weighted by atomic mass is 32.1. The molecule has 0 aliphatic heterocycles. The molecule has 0 radical (unpaired) electrons. The van der Waals surface area contributed by atoms with Gasteiger partial charge < -0.3 is 4.74 Å². The molecule has 14 heavy (non-hydrogen) atoms. The molecule has 0 unspecified atom stereocenters. The maximum atomic E-state index is 11.3. The van der Waals surface area contributed by atoms with Gasteiger partial charge in [0.05, 0.1) is 11.6 Å². The number of hydrogen-bond acceptors (Lipinski definition) is 4. The van der Waals surface area contributed by atoms with E-state index in [9.17, 15) is 4.79 Å². The number of unbranched alkanes of at least 4 members (excludes halogenated alkanes) is 1. The van der Waals surface area contributed by atoms with Crippen LogP contribution in [-0.4, -0.2) is 17.6 Å². The van der Waals surface area contributed by atoms with Crippen LogP contribution in [0.2, 0.25) is 0 Å². The van der Waals surface area contributed by atoms with Crippen molar-refractivity contribution in [3.05, 3.63) is 16.1 Å². The minimum atomic E-state index is -0.313. The van der Waals surface area contributed by atoms with E-state index in [1.54, 1.807) is 12.3 Å². The fourth-order valence-corrected chi connectivity index (χ4v) is 1.86. The van der Waals surface area contributed by atoms with E-state index in [-0.39, 0.29) is 5.97 Å². The molecule has 0 fully saturated rings. The van der Waals surface area contributed by atoms with E-state index in [1.165, 1.54) is 11.3 Å². The molecular formula is C10H15NO2S. The molecule has 0 aliphatic rings. The zero-order valence-corrected chi connectivity index (χ0v) is 9.39. The van der Waals surface area contributed by atoms with E-state index < -0.39 is 0 Å². The van der Waals surface area contributed by atoms with Gasteiger partial charge in [0.15, 0.2) is 5.69 Å². The Morgan fingerprint density at radius 2 is 2.36 bits per heavy atom. The lowest BCUT2D eigenvalue weighted by atomic mass is 10.3. The third-order valence-corrected chi connectivity index (χ3v) is 2.69. The number of esters is 1. The first-order chi connectivity index (χ1) is 6.77. The molecule has 0 atom stereocenters. The maximum Gasteiger partial charge on any atom is 0.357 e. The Morgan fingerprint density at radius 1 is 1.57 bits per heavy atom. The minimum absolute atomic E-state index is 0.313. The van der Waals surface area contributed by atoms with E-state index >= 15 is 0 Å². The van der Waals surface area contributed by atoms with Crippen molar-refractivity contribution >= 4 is 17.3 Å². The molecule has 0 saturated heterocycles. The standard InChI is InChI=1S/C10H15NO2S/c1-3-5-6-9-11-8(7-14-9)10(12)13-4-2/h7H,3-6H2,1-2H3. The lowest BCUT2D eigenvalue weighted by molar-refractivity contribution is 0.0520. The van der Waals surface area contributed by atoms with Crippen molar-refractivity contribution in [1.82, 2.24) is 4.98 Å². The molecule has 0 amide bonds. The van der Waals surface area contributed by atoms with Crippen molar-refractivity contribution in [1.29, 1.82) is 0 Å². The van der Waals surface area contributed by atoms with Crippen LogP contribution in [0.1, 0.15) is 42.2 Å². The highest BCUT2D eigenvalue weighted by molar-refractivity contribution is 7.09. The predicted molar refractivity (Wildman–Crippen MR) is 56.7 cm³/mol. The highest BCUT2D eigenvalue weighted by Crippen LogP contribution is 2.13. The molecule has 0 spiro atoms. The summed E-state index contributed by atoms with van der Waals surface area (Å²) in [5, 5.41) is 2.79. The van der Waals surface area contributed by atoms with Gasteiger partial charge in [0.2, 0.25) is 0 Å². The molecule has 1 aromatic rings. The monoisotopic (exact) mass is 213 g/mol. The highest BCUT2D eigenvalue weighted by Gasteiger charge is 2.10. The fourth-order valence-electron chi connectivity index (χ4n) is 1.05. The zero-order valence-electron chi connectivity index (χ0n) is 8.58. The van der Waals surface area contributed by atoms with Gasteiger partial charge in [-0.2, -0.15) is 0 Å². The maximum absolute atomic E-state index is 11.3. The van der Waals surface area contributed by atoms with Crippen molar-refractivity contribution in [2.45, 2.75) is 33.1 Å². The third kappa shape index (κ3) is 3.10. The summed E-state index contributed by atoms with van der Waals surface area (Å²) >= 11 is 1.53. The van der Waals surface area contributed by atoms with Crippen molar-refractivity contribution < 1.29 is 9.53 Å². The molecule has 0 bridgehead atoms. The number of aromatic nitrogens is 1. The second kappa shape index (κ2) is 5.75. The van der Waals surface area contributed by atoms with Gasteiger partial charge in [-0.3, -0.25) is 0 Å². The average molecular weight is 213 g/mol. The number of thiazole rings is 1. The lowest BCUT2D eigenvalue weighted by Gasteiger charge is -1.96. The summed E-state index contributed by atoms with van der Waals surface area (Å²) in [6.45, 7) is 4.34. The molecule has 0 aromatic carbocycles. The van der Waals surface area contributed by atoms with E-state index in [4.69, 9.17) is 4.74 Å². The number of aryl methyl sites for hydroxylation is 1. The summed E-state index contributed by atoms with van der Waals surface area (Å²) in [5.74, 6) is -0.313. The summed E-state index contributed by atoms with van der Waals surface area (Å²) in [5.41, 5.74) is 0.447. The van der Waals surface area contributed by atoms with Crippen LogP contribution in [0.25, 0.3) is 0 Å². The summed E-state index contributed by atoms with van der Waals surface area (Å²) in [6, 6.07) is 0. The summed E-state index contributed by atoms with van der Waals surface area (Å²) in [4.78, 5) is 15.5. The van der Waals surface area contributed by atoms with Crippen LogP contribution in [0.4, 0.5) is 0 Å². The van der Waals surface area contributed by atoms with Crippen LogP contribution in [0.15, 0.2) is 5.38 Å². The van der Waals surface area contributed by atoms with Gasteiger partial charge in [-0.1, -0.05) is 13.3 Å². The number of hydrogen-bond donors (Lipinski definition) is 0. The Bertz CT molecular complexity index is 296. The quantitative estimate of drug-likeness (QED) is 0.706. The van der Waals surface area contributed by atoms with E-state index in [0.29, 0.717) is 12.3 Å². The van der Waals surface area contributed by atoms with Gasteiger partial charge in [-0.25, -0.2) is 9.78 Å². The van der Waals surface area contributed by atoms with Crippen molar-refractivity contribution in [3.63, 3.8) is 0 Å². The van der Waals surface area contributed by atoms with Crippen LogP contribution >= 0.6 is 11.3 Å². The number of ether oxygens (including phenoxy) is 1. The molecule has 78 valence electrons. The van der Waals surface area contributed by atoms with E-state index in [0.717, 1.165) is 24.3 Å². The molecular weight excluding hydrogens is 198 g/mol. The number of carbonyl (C=O) groups is 1. The number of carbonyl (C=O) groups excluding carboxylic acids is 1. The van der Waals surface area contributed by atoms with Crippen molar-refractivity contribution in [2.24, 2.45) is 0 Å². The van der Waals surface area contributed by atoms with Gasteiger partial charge in [-0.05, 0) is 19.8 Å². The molecule has 1 aromatic heterocycles. The Labute approximate surface area is 88.1 Å². The molecule has 1 rings (SSSR count). The largest absolute Gasteiger partial charge is 0.461 e. The summed E-state index contributed by atoms with van der Waals surface area (Å²) in [7, 11) is 0. The van der Waals surface area contributed by atoms with Gasteiger partial charge in [0.1, 0.15) is 0 Å². The van der Waals surface area contributed by atoms with E-state index in [2.05, 4.69) is 11.9 Å². The predicted octanol–water partition coefficient (Wildman–Crippen LogP) is 2.66. The van der Waals surface area contributed by atoms with Crippen LogP contribution < -0.4 is 0 Å². The Hall–Kier alpha value is -0.900. The normalized spacial score (nSPS) is 10.1. The van der Waals surface area contributed by atoms with Gasteiger partial charge >= 0.3 is 5.97 Å². The van der Waals surface area contributed by atoms with Gasteiger partial charge in [0.25, 0.3) is 0 Å². The number of rotatable bonds is 5. The average Bonchev–Trinajstić information content (AvgIpc) is 2.63. The Kier molecular flexibility index (Phi) is 4.59. The first-order valence-corrected chi connectivity index (χ1v) is 5.77. The minimum Gasteiger partial charge on any atom is -0.461 e. The Balaban J connectivity index is 2.54. The summed E-state index contributed by atoms with van der Waals surface area (Å²) in [6.07, 6.45) is 3.23. The van der Waals surface area contributed by atoms with Crippen LogP contribution in [0, 0.1) is 0 Å². The number of nitrogens with zero attached hydrogens (tertiary/aromatic N) is 1. The molecule has 4 heteroatoms. The molecule has 3 nitrogen and oxygen atoms in total. The van der Waals surface area contributed by atoms with Crippen molar-refractivity contribution in [2.75, 3.05) is 6.61 Å². The van der Waals surface area contributed by atoms with Gasteiger partial charge in [0, 0.05) is 5.38 Å². The lowest BCUT2D eigenvalue weighted by Crippen LogP contribution is -2.04. The SMILES string of the molecule is CCCCc1nc(C(=O)OCC)cs1. The zero-order chi connectivity index (χ0) is 10.4. The van der Waals surface area contributed by atoms with Crippen LogP contribution in [0.3, 0.4) is 0 Å². The molecule has 0 saturated carbocycles. The smallest absolute Gasteiger partial charge is 0.357 e. The molecule has 1 heterocycles. The fraction of sp³-hybridized carbons (Fsp3) is 0.600. The molecule has 0 N–H and O–H groups in total. The van der Waals surface area contributed by atoms with Gasteiger partial charge in [-0.15, -0.1) is 11.3 Å². The van der Waals surface area contributed by atoms with Crippen LogP contribution in [-0.2, 0) is 11.2 Å². The topological polar surface area (TPSA) is 39.2 Å². The second-order valence-corrected chi connectivity index (χ2v) is 3.89. The molecule has 0 aliphatic carbocycles.